The van der Waals surface area contributed by atoms with Gasteiger partial charge < -0.3 is 0 Å². The van der Waals surface area contributed by atoms with E-state index in [2.05, 4.69) is 245 Å². The predicted octanol–water partition coefficient (Wildman–Crippen LogP) is 23.4. The van der Waals surface area contributed by atoms with Gasteiger partial charge in [0.25, 0.3) is 0 Å². The SMILES string of the molecule is Cc1c(C)c(C)c2c(C)c3c(C)c(C)c(C)c(C)c3nc2c1C.Cc1nc(C)c2c(c1C)c1c(C)c(C)c(C)c(C)c1c1c(C)c(C)c(C)c(C)c21.Cc1nc(C)c2c(n1)-c1c(C)c(C)c(C)c(C)c1C2(C)C.Cc1nc(C)c2c(n1)C(C)(C)c1c(C)c(C)c(C)c(C)c1-2. The van der Waals surface area contributed by atoms with Crippen molar-refractivity contribution in [3.8, 4) is 22.4 Å². The summed E-state index contributed by atoms with van der Waals surface area (Å²) >= 11 is 0. The van der Waals surface area contributed by atoms with E-state index in [0.29, 0.717) is 0 Å². The maximum Gasteiger partial charge on any atom is 0.126 e. The van der Waals surface area contributed by atoms with Gasteiger partial charge in [-0.25, -0.2) is 24.9 Å². The Morgan fingerprint density at radius 1 is 0.181 bits per heavy atom. The molecule has 0 saturated carbocycles. The Morgan fingerprint density at radius 3 is 0.926 bits per heavy atom. The standard InChI is InChI=1S/C28H33N.C22H27N.2C19H24N2/c1-12-13(2)18(7)25-23(16(12)5)24-17(6)14(3)15(4)19(8)26(24)28-22(11)29-21(10)20(9)27(25)28;1-10-12(3)16(7)21-19(14(10)5)18(9)20-15(6)11(2)13(4)17(8)22(20)23-21;1-9-10(2)12(4)17-15(11(9)3)16-13(5)20-14(6)21-18(16)19(17,7)8;1-9-10(2)12(4)16-15(11(9)3)18-17(19(16,7)8)13(5)20-14(6)21-18/h1-11H3;1-9H3;2*1-8H3. The summed E-state index contributed by atoms with van der Waals surface area (Å²) in [5, 5.41) is 11.2. The Morgan fingerprint density at radius 2 is 0.500 bits per heavy atom. The molecule has 6 heteroatoms. The van der Waals surface area contributed by atoms with E-state index < -0.39 is 0 Å². The van der Waals surface area contributed by atoms with Crippen molar-refractivity contribution in [2.75, 3.05) is 0 Å². The summed E-state index contributed by atoms with van der Waals surface area (Å²) in [7, 11) is 0. The number of hydrogen-bond donors (Lipinski definition) is 0. The van der Waals surface area contributed by atoms with Crippen molar-refractivity contribution in [2.24, 2.45) is 0 Å². The average molecular weight is 1250 g/mol. The quantitative estimate of drug-likeness (QED) is 0.111. The van der Waals surface area contributed by atoms with Crippen molar-refractivity contribution in [3.05, 3.63) is 201 Å². The minimum Gasteiger partial charge on any atom is -0.258 e. The first-order valence-corrected chi connectivity index (χ1v) is 34.4. The van der Waals surface area contributed by atoms with Crippen LogP contribution in [0, 0.1) is 222 Å². The van der Waals surface area contributed by atoms with Crippen molar-refractivity contribution < 1.29 is 0 Å². The van der Waals surface area contributed by atoms with E-state index in [1.807, 2.05) is 13.8 Å². The molecule has 4 heterocycles. The highest BCUT2D eigenvalue weighted by molar-refractivity contribution is 6.30. The molecule has 0 saturated heterocycles. The third kappa shape index (κ3) is 9.80. The zero-order valence-corrected chi connectivity index (χ0v) is 64.7. The smallest absolute Gasteiger partial charge is 0.126 e. The molecule has 490 valence electrons. The first kappa shape index (κ1) is 69.1. The highest BCUT2D eigenvalue weighted by atomic mass is 14.9. The first-order chi connectivity index (χ1) is 43.5. The lowest BCUT2D eigenvalue weighted by Gasteiger charge is -2.26. The van der Waals surface area contributed by atoms with Crippen LogP contribution in [0.15, 0.2) is 0 Å². The lowest BCUT2D eigenvalue weighted by atomic mass is 9.77. The Labute approximate surface area is 564 Å². The van der Waals surface area contributed by atoms with Crippen LogP contribution in [-0.4, -0.2) is 29.9 Å². The largest absolute Gasteiger partial charge is 0.258 e. The Bertz CT molecular complexity index is 5100. The third-order valence-corrected chi connectivity index (χ3v) is 25.0. The van der Waals surface area contributed by atoms with Crippen molar-refractivity contribution in [3.63, 3.8) is 0 Å². The molecule has 0 fully saturated rings. The monoisotopic (exact) mass is 1250 g/mol. The zero-order chi connectivity index (χ0) is 70.1. The van der Waals surface area contributed by atoms with Crippen LogP contribution in [0.3, 0.4) is 0 Å². The van der Waals surface area contributed by atoms with Crippen LogP contribution < -0.4 is 0 Å². The number of rotatable bonds is 0. The molecule has 13 rings (SSSR count). The fourth-order valence-electron chi connectivity index (χ4n) is 17.6. The molecule has 0 unspecified atom stereocenters. The maximum atomic E-state index is 5.16. The van der Waals surface area contributed by atoms with E-state index in [0.717, 1.165) is 40.1 Å². The summed E-state index contributed by atoms with van der Waals surface area (Å²) in [5.74, 6) is 1.74. The number of pyridine rings is 2. The molecule has 0 spiro atoms. The van der Waals surface area contributed by atoms with Gasteiger partial charge in [-0.05, 0) is 410 Å². The molecule has 0 radical (unpaired) electrons. The minimum atomic E-state index is -0.0452. The molecule has 0 atom stereocenters. The van der Waals surface area contributed by atoms with Gasteiger partial charge in [0.05, 0.1) is 22.4 Å². The molecule has 0 N–H and O–H groups in total. The molecular weight excluding hydrogens is 1140 g/mol. The third-order valence-electron chi connectivity index (χ3n) is 25.0. The molecule has 0 aliphatic heterocycles. The molecule has 2 aliphatic carbocycles. The number of fused-ring (bicyclic) bond motifs is 14. The number of benzene rings is 7. The van der Waals surface area contributed by atoms with Crippen molar-refractivity contribution in [1.82, 2.24) is 29.9 Å². The predicted molar refractivity (Wildman–Crippen MR) is 407 cm³/mol. The second-order valence-electron chi connectivity index (χ2n) is 30.3. The molecule has 4 aromatic heterocycles. The molecule has 11 aromatic rings. The van der Waals surface area contributed by atoms with Crippen LogP contribution in [0.5, 0.6) is 0 Å². The van der Waals surface area contributed by atoms with Gasteiger partial charge in [-0.1, -0.05) is 27.7 Å². The van der Waals surface area contributed by atoms with Crippen LogP contribution in [0.25, 0.3) is 76.5 Å². The molecule has 2 aliphatic rings. The lowest BCUT2D eigenvalue weighted by Crippen LogP contribution is -2.19. The topological polar surface area (TPSA) is 77.3 Å². The summed E-state index contributed by atoms with van der Waals surface area (Å²) in [6.07, 6.45) is 0. The minimum absolute atomic E-state index is 0.0181. The number of aromatic nitrogens is 6. The van der Waals surface area contributed by atoms with Gasteiger partial charge in [0.15, 0.2) is 0 Å². The number of aryl methyl sites for hydroxylation is 16. The number of hydrogen-bond acceptors (Lipinski definition) is 6. The van der Waals surface area contributed by atoms with Gasteiger partial charge in [-0.3, -0.25) is 4.98 Å². The summed E-state index contributed by atoms with van der Waals surface area (Å²) in [4.78, 5) is 29.0. The Hall–Kier alpha value is -7.70. The van der Waals surface area contributed by atoms with E-state index in [-0.39, 0.29) is 10.8 Å². The van der Waals surface area contributed by atoms with E-state index in [1.54, 1.807) is 0 Å². The van der Waals surface area contributed by atoms with Crippen LogP contribution in [0.1, 0.15) is 229 Å². The normalized spacial score (nSPS) is 13.3. The molecular formula is C88H108N6. The summed E-state index contributed by atoms with van der Waals surface area (Å²) in [5.41, 5.74) is 53.5. The van der Waals surface area contributed by atoms with Gasteiger partial charge in [-0.2, -0.15) is 0 Å². The van der Waals surface area contributed by atoms with Gasteiger partial charge in [0.2, 0.25) is 0 Å². The lowest BCUT2D eigenvalue weighted by molar-refractivity contribution is 0.625. The van der Waals surface area contributed by atoms with Gasteiger partial charge in [-0.15, -0.1) is 0 Å². The molecule has 94 heavy (non-hydrogen) atoms. The first-order valence-electron chi connectivity index (χ1n) is 34.4. The Kier molecular flexibility index (Phi) is 17.4. The van der Waals surface area contributed by atoms with E-state index in [4.69, 9.17) is 19.9 Å². The number of nitrogens with zero attached hydrogens (tertiary/aromatic N) is 6. The highest BCUT2D eigenvalue weighted by Gasteiger charge is 2.43. The summed E-state index contributed by atoms with van der Waals surface area (Å²) in [6.45, 7) is 80.4. The molecule has 0 bridgehead atoms. The van der Waals surface area contributed by atoms with Crippen molar-refractivity contribution in [2.45, 2.75) is 260 Å². The van der Waals surface area contributed by atoms with Crippen molar-refractivity contribution >= 4 is 54.1 Å². The van der Waals surface area contributed by atoms with Crippen LogP contribution in [0.4, 0.5) is 0 Å². The second-order valence-corrected chi connectivity index (χ2v) is 30.3. The molecule has 6 nitrogen and oxygen atoms in total. The van der Waals surface area contributed by atoms with E-state index in [9.17, 15) is 0 Å². The average Bonchev–Trinajstić information content (AvgIpc) is 0.856. The summed E-state index contributed by atoms with van der Waals surface area (Å²) < 4.78 is 0. The van der Waals surface area contributed by atoms with Gasteiger partial charge in [0, 0.05) is 66.5 Å². The molecule has 7 aromatic carbocycles. The van der Waals surface area contributed by atoms with Gasteiger partial charge >= 0.3 is 0 Å². The van der Waals surface area contributed by atoms with Gasteiger partial charge in [0.1, 0.15) is 11.6 Å². The summed E-state index contributed by atoms with van der Waals surface area (Å²) in [6, 6.07) is 0. The zero-order valence-electron chi connectivity index (χ0n) is 64.7. The fraction of sp³-hybridized carbons (Fsp3) is 0.432. The van der Waals surface area contributed by atoms with E-state index in [1.165, 1.54) is 238 Å². The fourth-order valence-corrected chi connectivity index (χ4v) is 17.6. The molecule has 0 amide bonds. The van der Waals surface area contributed by atoms with Crippen molar-refractivity contribution in [1.29, 1.82) is 0 Å². The van der Waals surface area contributed by atoms with Crippen LogP contribution in [0.2, 0.25) is 0 Å². The maximum absolute atomic E-state index is 5.16. The second kappa shape index (κ2) is 23.6. The van der Waals surface area contributed by atoms with Crippen LogP contribution >= 0.6 is 0 Å². The van der Waals surface area contributed by atoms with E-state index >= 15 is 0 Å². The van der Waals surface area contributed by atoms with Crippen LogP contribution in [-0.2, 0) is 10.8 Å². The highest BCUT2D eigenvalue weighted by Crippen LogP contribution is 2.55. The Balaban J connectivity index is 0.000000138.